The minimum Gasteiger partial charge on any atom is -0.371 e. The van der Waals surface area contributed by atoms with Gasteiger partial charge < -0.3 is 10.1 Å². The van der Waals surface area contributed by atoms with E-state index in [2.05, 4.69) is 17.2 Å². The number of hydrogen-bond donors (Lipinski definition) is 1. The second kappa shape index (κ2) is 5.24. The second-order valence-electron chi connectivity index (χ2n) is 4.02. The van der Waals surface area contributed by atoms with Crippen LogP contribution in [0, 0.1) is 0 Å². The van der Waals surface area contributed by atoms with Gasteiger partial charge in [0.15, 0.2) is 0 Å². The van der Waals surface area contributed by atoms with E-state index < -0.39 is 0 Å². The summed E-state index contributed by atoms with van der Waals surface area (Å²) in [6.45, 7) is 3.97. The highest BCUT2D eigenvalue weighted by Gasteiger charge is 2.16. The lowest BCUT2D eigenvalue weighted by Crippen LogP contribution is -2.27. The van der Waals surface area contributed by atoms with Crippen LogP contribution >= 0.6 is 0 Å². The molecular formula is C12H18N2O. The Balaban J connectivity index is 1.79. The number of rotatable bonds is 4. The summed E-state index contributed by atoms with van der Waals surface area (Å²) in [6, 6.07) is 6.47. The van der Waals surface area contributed by atoms with E-state index in [0.29, 0.717) is 6.04 Å². The highest BCUT2D eigenvalue weighted by atomic mass is 16.5. The number of pyridine rings is 1. The third-order valence-electron chi connectivity index (χ3n) is 2.81. The molecule has 0 bridgehead atoms. The van der Waals surface area contributed by atoms with E-state index in [9.17, 15) is 0 Å². The van der Waals surface area contributed by atoms with Gasteiger partial charge in [-0.1, -0.05) is 6.07 Å². The predicted octanol–water partition coefficient (Wildman–Crippen LogP) is 1.91. The van der Waals surface area contributed by atoms with Gasteiger partial charge in [0.1, 0.15) is 0 Å². The fraction of sp³-hybridized carbons (Fsp3) is 0.583. The number of hydrogen-bond acceptors (Lipinski definition) is 3. The second-order valence-corrected chi connectivity index (χ2v) is 4.02. The van der Waals surface area contributed by atoms with Crippen molar-refractivity contribution in [3.63, 3.8) is 0 Å². The lowest BCUT2D eigenvalue weighted by molar-refractivity contribution is 0.0499. The number of nitrogens with one attached hydrogen (secondary N) is 1. The Labute approximate surface area is 90.9 Å². The van der Waals surface area contributed by atoms with Crippen molar-refractivity contribution in [2.24, 2.45) is 0 Å². The Morgan fingerprint density at radius 3 is 3.20 bits per heavy atom. The normalized spacial score (nSPS) is 22.9. The molecule has 1 N–H and O–H groups in total. The van der Waals surface area contributed by atoms with Gasteiger partial charge >= 0.3 is 0 Å². The molecule has 1 aromatic rings. The van der Waals surface area contributed by atoms with Gasteiger partial charge in [-0.05, 0) is 38.4 Å². The minimum atomic E-state index is 0.0913. The Kier molecular flexibility index (Phi) is 3.69. The lowest BCUT2D eigenvalue weighted by atomic mass is 10.2. The molecule has 0 aliphatic carbocycles. The van der Waals surface area contributed by atoms with Crippen LogP contribution in [0.4, 0.5) is 0 Å². The van der Waals surface area contributed by atoms with Crippen molar-refractivity contribution in [3.8, 4) is 0 Å². The van der Waals surface area contributed by atoms with Gasteiger partial charge in [-0.3, -0.25) is 4.98 Å². The standard InChI is InChI=1S/C12H18N2O/c1-10(12-6-2-3-7-14-12)15-9-11-5-4-8-13-11/h2-3,6-7,10-11,13H,4-5,8-9H2,1H3/t10-,11-/m0/s1. The van der Waals surface area contributed by atoms with Gasteiger partial charge in [-0.25, -0.2) is 0 Å². The SMILES string of the molecule is C[C@H](OC[C@@H]1CCCN1)c1ccccn1. The average molecular weight is 206 g/mol. The van der Waals surface area contributed by atoms with Crippen LogP contribution in [0.5, 0.6) is 0 Å². The van der Waals surface area contributed by atoms with E-state index in [4.69, 9.17) is 4.74 Å². The van der Waals surface area contributed by atoms with Gasteiger partial charge in [-0.2, -0.15) is 0 Å². The van der Waals surface area contributed by atoms with E-state index in [1.807, 2.05) is 24.4 Å². The molecule has 1 saturated heterocycles. The first-order valence-electron chi connectivity index (χ1n) is 5.62. The number of aromatic nitrogens is 1. The summed E-state index contributed by atoms with van der Waals surface area (Å²) in [5, 5.41) is 3.42. The highest BCUT2D eigenvalue weighted by molar-refractivity contribution is 5.05. The van der Waals surface area contributed by atoms with Gasteiger partial charge in [0, 0.05) is 12.2 Å². The zero-order valence-corrected chi connectivity index (χ0v) is 9.15. The molecule has 15 heavy (non-hydrogen) atoms. The van der Waals surface area contributed by atoms with E-state index in [0.717, 1.165) is 18.8 Å². The average Bonchev–Trinajstić information content (AvgIpc) is 2.80. The third kappa shape index (κ3) is 3.01. The van der Waals surface area contributed by atoms with Crippen LogP contribution in [-0.2, 0) is 4.74 Å². The summed E-state index contributed by atoms with van der Waals surface area (Å²) >= 11 is 0. The molecule has 3 nitrogen and oxygen atoms in total. The highest BCUT2D eigenvalue weighted by Crippen LogP contribution is 2.15. The molecule has 1 aromatic heterocycles. The van der Waals surface area contributed by atoms with E-state index in [1.165, 1.54) is 12.8 Å². The summed E-state index contributed by atoms with van der Waals surface area (Å²) in [6.07, 6.45) is 4.40. The van der Waals surface area contributed by atoms with Crippen LogP contribution in [0.15, 0.2) is 24.4 Å². The smallest absolute Gasteiger partial charge is 0.0967 e. The molecule has 1 aliphatic heterocycles. The van der Waals surface area contributed by atoms with Crippen LogP contribution in [0.1, 0.15) is 31.6 Å². The molecule has 3 heteroatoms. The molecule has 2 atom stereocenters. The maximum atomic E-state index is 5.79. The molecule has 1 aliphatic rings. The Bertz CT molecular complexity index is 283. The molecule has 0 aromatic carbocycles. The van der Waals surface area contributed by atoms with E-state index in [1.54, 1.807) is 0 Å². The van der Waals surface area contributed by atoms with Crippen LogP contribution in [0.3, 0.4) is 0 Å². The fourth-order valence-corrected chi connectivity index (χ4v) is 1.86. The van der Waals surface area contributed by atoms with Gasteiger partial charge in [0.05, 0.1) is 18.4 Å². The maximum absolute atomic E-state index is 5.79. The summed E-state index contributed by atoms with van der Waals surface area (Å²) in [4.78, 5) is 4.28. The predicted molar refractivity (Wildman–Crippen MR) is 59.6 cm³/mol. The van der Waals surface area contributed by atoms with E-state index in [-0.39, 0.29) is 6.10 Å². The molecule has 0 radical (unpaired) electrons. The minimum absolute atomic E-state index is 0.0913. The topological polar surface area (TPSA) is 34.1 Å². The molecule has 0 saturated carbocycles. The first-order valence-corrected chi connectivity index (χ1v) is 5.62. The Hall–Kier alpha value is -0.930. The number of ether oxygens (including phenoxy) is 1. The summed E-state index contributed by atoms with van der Waals surface area (Å²) in [5.74, 6) is 0. The maximum Gasteiger partial charge on any atom is 0.0967 e. The molecule has 2 heterocycles. The summed E-state index contributed by atoms with van der Waals surface area (Å²) in [5.41, 5.74) is 1.01. The molecular weight excluding hydrogens is 188 g/mol. The monoisotopic (exact) mass is 206 g/mol. The third-order valence-corrected chi connectivity index (χ3v) is 2.81. The zero-order valence-electron chi connectivity index (χ0n) is 9.15. The molecule has 0 amide bonds. The quantitative estimate of drug-likeness (QED) is 0.817. The van der Waals surface area contributed by atoms with Gasteiger partial charge in [-0.15, -0.1) is 0 Å². The van der Waals surface area contributed by atoms with Crippen molar-refractivity contribution < 1.29 is 4.74 Å². The lowest BCUT2D eigenvalue weighted by Gasteiger charge is -2.16. The largest absolute Gasteiger partial charge is 0.371 e. The van der Waals surface area contributed by atoms with Gasteiger partial charge in [0.25, 0.3) is 0 Å². The van der Waals surface area contributed by atoms with Crippen LogP contribution in [-0.4, -0.2) is 24.2 Å². The van der Waals surface area contributed by atoms with Crippen LogP contribution < -0.4 is 5.32 Å². The van der Waals surface area contributed by atoms with Crippen molar-refractivity contribution in [1.82, 2.24) is 10.3 Å². The van der Waals surface area contributed by atoms with Gasteiger partial charge in [0.2, 0.25) is 0 Å². The molecule has 1 fully saturated rings. The molecule has 0 spiro atoms. The molecule has 0 unspecified atom stereocenters. The van der Waals surface area contributed by atoms with Crippen molar-refractivity contribution >= 4 is 0 Å². The van der Waals surface area contributed by atoms with Crippen LogP contribution in [0.25, 0.3) is 0 Å². The molecule has 2 rings (SSSR count). The first kappa shape index (κ1) is 10.6. The fourth-order valence-electron chi connectivity index (χ4n) is 1.86. The summed E-state index contributed by atoms with van der Waals surface area (Å²) < 4.78 is 5.79. The van der Waals surface area contributed by atoms with Crippen molar-refractivity contribution in [3.05, 3.63) is 30.1 Å². The Morgan fingerprint density at radius 1 is 1.60 bits per heavy atom. The van der Waals surface area contributed by atoms with Crippen molar-refractivity contribution in [2.75, 3.05) is 13.2 Å². The summed E-state index contributed by atoms with van der Waals surface area (Å²) in [7, 11) is 0. The zero-order chi connectivity index (χ0) is 10.5. The molecule has 82 valence electrons. The van der Waals surface area contributed by atoms with Crippen molar-refractivity contribution in [2.45, 2.75) is 31.9 Å². The Morgan fingerprint density at radius 2 is 2.53 bits per heavy atom. The number of nitrogens with zero attached hydrogens (tertiary/aromatic N) is 1. The van der Waals surface area contributed by atoms with E-state index >= 15 is 0 Å². The van der Waals surface area contributed by atoms with Crippen LogP contribution in [0.2, 0.25) is 0 Å². The first-order chi connectivity index (χ1) is 7.36. The van der Waals surface area contributed by atoms with Crippen molar-refractivity contribution in [1.29, 1.82) is 0 Å².